The molecule has 2 fully saturated rings. The highest BCUT2D eigenvalue weighted by molar-refractivity contribution is 7.89. The van der Waals surface area contributed by atoms with Crippen LogP contribution in [0.1, 0.15) is 20.8 Å². The molecule has 0 bridgehead atoms. The van der Waals surface area contributed by atoms with Crippen LogP contribution in [0.2, 0.25) is 0 Å². The van der Waals surface area contributed by atoms with Gasteiger partial charge < -0.3 is 0 Å². The maximum atomic E-state index is 14.4. The first kappa shape index (κ1) is 16.8. The molecule has 1 spiro atoms. The smallest absolute Gasteiger partial charge is 0.225 e. The first-order valence-corrected chi connectivity index (χ1v) is 8.08. The molecule has 0 radical (unpaired) electrons. The largest absolute Gasteiger partial charge is 0.391 e. The van der Waals surface area contributed by atoms with Crippen LogP contribution in [0.4, 0.5) is 22.0 Å². The molecule has 2 unspecified atom stereocenters. The van der Waals surface area contributed by atoms with Crippen molar-refractivity contribution in [2.75, 3.05) is 0 Å². The van der Waals surface area contributed by atoms with Crippen molar-refractivity contribution in [3.8, 4) is 0 Å². The predicted octanol–water partition coefficient (Wildman–Crippen LogP) is 1.34. The SMILES string of the molecule is CC1(F)OS(=O)(=O)C(F)(F)C12C(F)(F)OS(=O)(=O)C2(C)C. The molecule has 0 aromatic rings. The number of hydrogen-bond donors (Lipinski definition) is 0. The van der Waals surface area contributed by atoms with Crippen LogP contribution in [-0.4, -0.2) is 38.8 Å². The van der Waals surface area contributed by atoms with Gasteiger partial charge in [-0.3, -0.25) is 0 Å². The van der Waals surface area contributed by atoms with Gasteiger partial charge in [0.25, 0.3) is 10.1 Å². The van der Waals surface area contributed by atoms with Crippen LogP contribution in [0.3, 0.4) is 0 Å². The van der Waals surface area contributed by atoms with Crippen LogP contribution >= 0.6 is 0 Å². The molecule has 2 rings (SSSR count). The molecule has 13 heteroatoms. The van der Waals surface area contributed by atoms with Crippen molar-refractivity contribution in [3.63, 3.8) is 0 Å². The van der Waals surface area contributed by atoms with Crippen molar-refractivity contribution in [1.82, 2.24) is 0 Å². The zero-order chi connectivity index (χ0) is 16.9. The highest BCUT2D eigenvalue weighted by atomic mass is 32.2. The Kier molecular flexibility index (Phi) is 2.82. The minimum Gasteiger partial charge on any atom is -0.225 e. The minimum atomic E-state index is -6.15. The summed E-state index contributed by atoms with van der Waals surface area (Å²) >= 11 is 0. The highest BCUT2D eigenvalue weighted by Gasteiger charge is 2.98. The van der Waals surface area contributed by atoms with Crippen LogP contribution in [0.5, 0.6) is 0 Å². The van der Waals surface area contributed by atoms with Crippen LogP contribution < -0.4 is 0 Å². The lowest BCUT2D eigenvalue weighted by Gasteiger charge is -2.42. The molecular weight excluding hydrogens is 351 g/mol. The molecule has 6 nitrogen and oxygen atoms in total. The van der Waals surface area contributed by atoms with Gasteiger partial charge in [-0.25, -0.2) is 8.57 Å². The average Bonchev–Trinajstić information content (AvgIpc) is 2.28. The quantitative estimate of drug-likeness (QED) is 0.479. The predicted molar refractivity (Wildman–Crippen MR) is 55.9 cm³/mol. The topological polar surface area (TPSA) is 86.7 Å². The summed E-state index contributed by atoms with van der Waals surface area (Å²) in [5.41, 5.74) is -4.61. The summed E-state index contributed by atoms with van der Waals surface area (Å²) in [4.78, 5) is 0. The Hall–Kier alpha value is -0.530. The van der Waals surface area contributed by atoms with Crippen molar-refractivity contribution >= 4 is 20.2 Å². The van der Waals surface area contributed by atoms with E-state index in [1.807, 2.05) is 0 Å². The molecule has 2 aliphatic rings. The number of rotatable bonds is 0. The van der Waals surface area contributed by atoms with Crippen molar-refractivity contribution in [2.24, 2.45) is 5.41 Å². The lowest BCUT2D eigenvalue weighted by molar-refractivity contribution is -0.341. The zero-order valence-electron chi connectivity index (χ0n) is 10.7. The summed E-state index contributed by atoms with van der Waals surface area (Å²) in [6, 6.07) is 0. The van der Waals surface area contributed by atoms with E-state index >= 15 is 0 Å². The van der Waals surface area contributed by atoms with Crippen molar-refractivity contribution in [2.45, 2.75) is 42.7 Å². The molecule has 21 heavy (non-hydrogen) atoms. The summed E-state index contributed by atoms with van der Waals surface area (Å²) in [5, 5.41) is -5.56. The van der Waals surface area contributed by atoms with E-state index in [2.05, 4.69) is 8.37 Å². The first-order chi connectivity index (χ1) is 8.91. The van der Waals surface area contributed by atoms with E-state index in [0.29, 0.717) is 13.8 Å². The molecule has 124 valence electrons. The number of halogens is 5. The monoisotopic (exact) mass is 360 g/mol. The standard InChI is InChI=1S/C8H9F5O6S2/c1-4(2)6(7(10,11)19-20(4,14)15)5(3,9)18-21(16,17)8(6,12)13/h1-3H3. The number of alkyl halides is 5. The molecule has 2 atom stereocenters. The van der Waals surface area contributed by atoms with E-state index in [0.717, 1.165) is 0 Å². The van der Waals surface area contributed by atoms with Gasteiger partial charge in [-0.2, -0.15) is 38.6 Å². The van der Waals surface area contributed by atoms with E-state index in [4.69, 9.17) is 0 Å². The third-order valence-electron chi connectivity index (χ3n) is 3.87. The molecule has 0 aromatic heterocycles. The Labute approximate surface area is 116 Å². The van der Waals surface area contributed by atoms with Crippen LogP contribution in [-0.2, 0) is 28.6 Å². The first-order valence-electron chi connectivity index (χ1n) is 5.26. The van der Waals surface area contributed by atoms with E-state index in [1.165, 1.54) is 0 Å². The minimum absolute atomic E-state index is 0.00861. The highest BCUT2D eigenvalue weighted by Crippen LogP contribution is 2.74. The molecule has 0 aromatic carbocycles. The van der Waals surface area contributed by atoms with Crippen molar-refractivity contribution < 1.29 is 47.2 Å². The summed E-state index contributed by atoms with van der Waals surface area (Å²) in [7, 11) is -11.6. The number of hydrogen-bond acceptors (Lipinski definition) is 6. The molecular formula is C8H9F5O6S2. The Bertz CT molecular complexity index is 645. The van der Waals surface area contributed by atoms with E-state index in [-0.39, 0.29) is 6.92 Å². The van der Waals surface area contributed by atoms with Gasteiger partial charge in [-0.05, 0) is 20.8 Å². The maximum absolute atomic E-state index is 14.4. The maximum Gasteiger partial charge on any atom is 0.391 e. The second-order valence-electron chi connectivity index (χ2n) is 5.29. The zero-order valence-corrected chi connectivity index (χ0v) is 12.3. The molecule has 2 heterocycles. The normalized spacial score (nSPS) is 45.0. The van der Waals surface area contributed by atoms with Gasteiger partial charge in [0.2, 0.25) is 11.3 Å². The molecule has 0 amide bonds. The van der Waals surface area contributed by atoms with Gasteiger partial charge in [0.05, 0.1) is 0 Å². The van der Waals surface area contributed by atoms with Gasteiger partial charge in [-0.15, -0.1) is 0 Å². The molecule has 0 aliphatic carbocycles. The fourth-order valence-corrected chi connectivity index (χ4v) is 5.98. The Morgan fingerprint density at radius 3 is 1.43 bits per heavy atom. The van der Waals surface area contributed by atoms with Crippen molar-refractivity contribution in [1.29, 1.82) is 0 Å². The molecule has 2 aliphatic heterocycles. The van der Waals surface area contributed by atoms with Crippen LogP contribution in [0, 0.1) is 5.41 Å². The third kappa shape index (κ3) is 1.39. The Balaban J connectivity index is 3.06. The van der Waals surface area contributed by atoms with E-state index in [9.17, 15) is 38.8 Å². The molecule has 0 saturated carbocycles. The lowest BCUT2D eigenvalue weighted by atomic mass is 9.69. The summed E-state index contributed by atoms with van der Waals surface area (Å²) < 4.78 is 120. The van der Waals surface area contributed by atoms with Crippen LogP contribution in [0.25, 0.3) is 0 Å². The van der Waals surface area contributed by atoms with Crippen LogP contribution in [0.15, 0.2) is 0 Å². The summed E-state index contributed by atoms with van der Waals surface area (Å²) in [6.07, 6.45) is -5.36. The average molecular weight is 360 g/mol. The fraction of sp³-hybridized carbons (Fsp3) is 1.00. The van der Waals surface area contributed by atoms with Gasteiger partial charge in [0, 0.05) is 0 Å². The fourth-order valence-electron chi connectivity index (χ4n) is 2.93. The molecule has 0 N–H and O–H groups in total. The van der Waals surface area contributed by atoms with Gasteiger partial charge in [0.15, 0.2) is 0 Å². The third-order valence-corrected chi connectivity index (χ3v) is 7.32. The van der Waals surface area contributed by atoms with Crippen molar-refractivity contribution in [3.05, 3.63) is 0 Å². The Morgan fingerprint density at radius 2 is 1.19 bits per heavy atom. The lowest BCUT2D eigenvalue weighted by Crippen LogP contribution is -2.67. The van der Waals surface area contributed by atoms with Gasteiger partial charge in [-0.1, -0.05) is 0 Å². The van der Waals surface area contributed by atoms with E-state index < -0.39 is 47.6 Å². The molecule has 2 saturated heterocycles. The second kappa shape index (κ2) is 3.51. The second-order valence-corrected chi connectivity index (χ2v) is 8.97. The summed E-state index contributed by atoms with van der Waals surface area (Å²) in [5.74, 6) is -4.23. The van der Waals surface area contributed by atoms with Gasteiger partial charge >= 0.3 is 21.5 Å². The van der Waals surface area contributed by atoms with Gasteiger partial charge in [0.1, 0.15) is 4.75 Å². The Morgan fingerprint density at radius 1 is 0.762 bits per heavy atom. The van der Waals surface area contributed by atoms with E-state index in [1.54, 1.807) is 0 Å². The summed E-state index contributed by atoms with van der Waals surface area (Å²) in [6.45, 7) is 0.629.